The number of thiophene rings is 1. The minimum atomic E-state index is -1.28. The van der Waals surface area contributed by atoms with Crippen molar-refractivity contribution in [1.82, 2.24) is 0 Å². The lowest BCUT2D eigenvalue weighted by Gasteiger charge is -2.19. The van der Waals surface area contributed by atoms with E-state index in [9.17, 15) is 19.7 Å². The third kappa shape index (κ3) is 4.57. The molecule has 4 N–H and O–H groups in total. The van der Waals surface area contributed by atoms with Crippen LogP contribution in [0.15, 0.2) is 54.6 Å². The Morgan fingerprint density at radius 3 is 2.48 bits per heavy atom. The normalized spacial score (nSPS) is 24.5. The quantitative estimate of drug-likeness (QED) is 0.469. The first-order chi connectivity index (χ1) is 14.9. The molecule has 0 radical (unpaired) electrons. The lowest BCUT2D eigenvalue weighted by molar-refractivity contribution is -0.0820. The summed E-state index contributed by atoms with van der Waals surface area (Å²) in [5, 5.41) is 39.7. The first-order valence-corrected chi connectivity index (χ1v) is 10.9. The molecule has 0 saturated carbocycles. The smallest absolute Gasteiger partial charge is 0.123 e. The second-order valence-corrected chi connectivity index (χ2v) is 9.06. The zero-order chi connectivity index (χ0) is 22.1. The lowest BCUT2D eigenvalue weighted by Crippen LogP contribution is -2.40. The molecular weight excluding hydrogens is 419 g/mol. The number of ether oxygens (including phenoxy) is 1. The number of aliphatic hydroxyl groups excluding tert-OH is 4. The van der Waals surface area contributed by atoms with Gasteiger partial charge in [0.25, 0.3) is 0 Å². The van der Waals surface area contributed by atoms with Gasteiger partial charge in [-0.1, -0.05) is 30.3 Å². The number of hydrogen-bond acceptors (Lipinski definition) is 6. The van der Waals surface area contributed by atoms with E-state index < -0.39 is 37.1 Å². The molecule has 3 aromatic rings. The van der Waals surface area contributed by atoms with Gasteiger partial charge in [-0.2, -0.15) is 0 Å². The van der Waals surface area contributed by atoms with Crippen molar-refractivity contribution in [3.8, 4) is 10.4 Å². The lowest BCUT2D eigenvalue weighted by atomic mass is 9.95. The molecule has 1 saturated heterocycles. The van der Waals surface area contributed by atoms with E-state index >= 15 is 0 Å². The number of aliphatic hydroxyl groups is 4. The molecule has 1 aromatic heterocycles. The van der Waals surface area contributed by atoms with Crippen molar-refractivity contribution in [2.24, 2.45) is 0 Å². The van der Waals surface area contributed by atoms with Gasteiger partial charge in [0.05, 0.1) is 6.61 Å². The Hall–Kier alpha value is -2.13. The third-order valence-corrected chi connectivity index (χ3v) is 6.86. The SMILES string of the molecule is Cc1ccc(C2O[C@H]([C@H](O)CO)[C@H](O)[C@H]2O)cc1Cc1ccc(-c2ccc(F)cc2)s1. The maximum atomic E-state index is 13.2. The Labute approximate surface area is 184 Å². The number of hydrogen-bond donors (Lipinski definition) is 4. The highest BCUT2D eigenvalue weighted by atomic mass is 32.1. The van der Waals surface area contributed by atoms with Gasteiger partial charge in [-0.25, -0.2) is 4.39 Å². The summed E-state index contributed by atoms with van der Waals surface area (Å²) in [6.45, 7) is 1.45. The van der Waals surface area contributed by atoms with Crippen LogP contribution >= 0.6 is 11.3 Å². The molecule has 0 aliphatic carbocycles. The van der Waals surface area contributed by atoms with Crippen LogP contribution in [0.1, 0.15) is 27.7 Å². The Morgan fingerprint density at radius 1 is 1.03 bits per heavy atom. The van der Waals surface area contributed by atoms with Crippen molar-refractivity contribution < 1.29 is 29.6 Å². The summed E-state index contributed by atoms with van der Waals surface area (Å²) in [6.07, 6.45) is -4.92. The standard InChI is InChI=1S/C24H25FO5S/c1-13-2-3-15(23-21(28)22(29)24(30-23)19(27)12-26)10-16(13)11-18-8-9-20(31-18)14-4-6-17(25)7-5-14/h2-10,19,21-24,26-29H,11-12H2,1H3/t19-,21-,22-,23?,24-/m1/s1. The summed E-state index contributed by atoms with van der Waals surface area (Å²) in [7, 11) is 0. The molecule has 2 aromatic carbocycles. The molecule has 1 aliphatic rings. The zero-order valence-corrected chi connectivity index (χ0v) is 17.8. The Kier molecular flexibility index (Phi) is 6.52. The van der Waals surface area contributed by atoms with Crippen molar-refractivity contribution in [2.75, 3.05) is 6.61 Å². The predicted molar refractivity (Wildman–Crippen MR) is 116 cm³/mol. The highest BCUT2D eigenvalue weighted by molar-refractivity contribution is 7.15. The average Bonchev–Trinajstić information content (AvgIpc) is 3.35. The predicted octanol–water partition coefficient (Wildman–Crippen LogP) is 2.97. The van der Waals surface area contributed by atoms with Crippen molar-refractivity contribution in [1.29, 1.82) is 0 Å². The van der Waals surface area contributed by atoms with Crippen LogP contribution in [-0.4, -0.2) is 51.4 Å². The number of benzene rings is 2. The summed E-state index contributed by atoms with van der Waals surface area (Å²) >= 11 is 1.64. The van der Waals surface area contributed by atoms with Crippen molar-refractivity contribution >= 4 is 11.3 Å². The number of aryl methyl sites for hydroxylation is 1. The molecule has 4 rings (SSSR count). The minimum Gasteiger partial charge on any atom is -0.394 e. The van der Waals surface area contributed by atoms with E-state index in [4.69, 9.17) is 9.84 Å². The van der Waals surface area contributed by atoms with Gasteiger partial charge in [0.2, 0.25) is 0 Å². The summed E-state index contributed by atoms with van der Waals surface area (Å²) in [5.74, 6) is -0.261. The highest BCUT2D eigenvalue weighted by Crippen LogP contribution is 2.36. The van der Waals surface area contributed by atoms with Crippen LogP contribution < -0.4 is 0 Å². The van der Waals surface area contributed by atoms with Crippen LogP contribution in [0.4, 0.5) is 4.39 Å². The van der Waals surface area contributed by atoms with E-state index in [1.807, 2.05) is 37.3 Å². The molecule has 5 nitrogen and oxygen atoms in total. The van der Waals surface area contributed by atoms with Crippen LogP contribution in [-0.2, 0) is 11.2 Å². The second-order valence-electron chi connectivity index (χ2n) is 7.89. The largest absolute Gasteiger partial charge is 0.394 e. The summed E-state index contributed by atoms with van der Waals surface area (Å²) in [4.78, 5) is 2.20. The fraction of sp³-hybridized carbons (Fsp3) is 0.333. The van der Waals surface area contributed by atoms with Crippen LogP contribution in [0.25, 0.3) is 10.4 Å². The van der Waals surface area contributed by atoms with Crippen molar-refractivity contribution in [2.45, 2.75) is 43.9 Å². The van der Waals surface area contributed by atoms with Gasteiger partial charge >= 0.3 is 0 Å². The number of rotatable bonds is 6. The van der Waals surface area contributed by atoms with E-state index in [0.717, 1.165) is 26.4 Å². The maximum Gasteiger partial charge on any atom is 0.123 e. The van der Waals surface area contributed by atoms with Crippen LogP contribution in [0.2, 0.25) is 0 Å². The van der Waals surface area contributed by atoms with Crippen molar-refractivity contribution in [3.05, 3.63) is 82.0 Å². The van der Waals surface area contributed by atoms with Crippen LogP contribution in [0.5, 0.6) is 0 Å². The van der Waals surface area contributed by atoms with Gasteiger partial charge in [-0.3, -0.25) is 0 Å². The fourth-order valence-corrected chi connectivity index (χ4v) is 4.93. The maximum absolute atomic E-state index is 13.2. The van der Waals surface area contributed by atoms with E-state index in [1.54, 1.807) is 23.5 Å². The molecule has 0 bridgehead atoms. The molecule has 5 atom stereocenters. The van der Waals surface area contributed by atoms with E-state index in [0.29, 0.717) is 12.0 Å². The molecule has 1 unspecified atom stereocenters. The summed E-state index contributed by atoms with van der Waals surface area (Å²) in [5.41, 5.74) is 3.81. The summed E-state index contributed by atoms with van der Waals surface area (Å²) in [6, 6.07) is 16.2. The number of halogens is 1. The van der Waals surface area contributed by atoms with E-state index in [-0.39, 0.29) is 5.82 Å². The first-order valence-electron chi connectivity index (χ1n) is 10.1. The molecule has 164 valence electrons. The Balaban J connectivity index is 1.54. The monoisotopic (exact) mass is 444 g/mol. The van der Waals surface area contributed by atoms with Gasteiger partial charge in [0, 0.05) is 16.2 Å². The third-order valence-electron chi connectivity index (χ3n) is 5.72. The molecule has 0 amide bonds. The average molecular weight is 445 g/mol. The fourth-order valence-electron chi connectivity index (χ4n) is 3.89. The van der Waals surface area contributed by atoms with Gasteiger partial charge in [-0.05, 0) is 53.4 Å². The van der Waals surface area contributed by atoms with Gasteiger partial charge in [-0.15, -0.1) is 11.3 Å². The van der Waals surface area contributed by atoms with Crippen LogP contribution in [0, 0.1) is 12.7 Å². The molecule has 1 fully saturated rings. The molecular formula is C24H25FO5S. The minimum absolute atomic E-state index is 0.261. The molecule has 0 spiro atoms. The Morgan fingerprint density at radius 2 is 1.77 bits per heavy atom. The second kappa shape index (κ2) is 9.16. The van der Waals surface area contributed by atoms with E-state index in [2.05, 4.69) is 0 Å². The topological polar surface area (TPSA) is 90.2 Å². The van der Waals surface area contributed by atoms with Gasteiger partial charge in [0.1, 0.15) is 36.3 Å². The zero-order valence-electron chi connectivity index (χ0n) is 17.0. The van der Waals surface area contributed by atoms with Gasteiger partial charge in [0.15, 0.2) is 0 Å². The Bertz CT molecular complexity index is 1030. The first kappa shape index (κ1) is 22.1. The van der Waals surface area contributed by atoms with Crippen LogP contribution in [0.3, 0.4) is 0 Å². The highest BCUT2D eigenvalue weighted by Gasteiger charge is 2.46. The van der Waals surface area contributed by atoms with Gasteiger partial charge < -0.3 is 25.2 Å². The van der Waals surface area contributed by atoms with E-state index in [1.165, 1.54) is 12.1 Å². The molecule has 7 heteroatoms. The molecule has 1 aliphatic heterocycles. The molecule has 2 heterocycles. The summed E-state index contributed by atoms with van der Waals surface area (Å²) < 4.78 is 18.9. The molecule has 31 heavy (non-hydrogen) atoms. The van der Waals surface area contributed by atoms with Crippen molar-refractivity contribution in [3.63, 3.8) is 0 Å².